The summed E-state index contributed by atoms with van der Waals surface area (Å²) >= 11 is 0. The van der Waals surface area contributed by atoms with Gasteiger partial charge in [-0.25, -0.2) is 9.37 Å². The van der Waals surface area contributed by atoms with E-state index in [9.17, 15) is 19.1 Å². The Labute approximate surface area is 215 Å². The van der Waals surface area contributed by atoms with Gasteiger partial charge in [-0.1, -0.05) is 0 Å². The van der Waals surface area contributed by atoms with Crippen LogP contribution in [0.25, 0.3) is 11.3 Å². The topological polar surface area (TPSA) is 124 Å². The van der Waals surface area contributed by atoms with Crippen molar-refractivity contribution >= 4 is 11.8 Å². The van der Waals surface area contributed by atoms with E-state index >= 15 is 0 Å². The number of piperidine rings is 1. The lowest BCUT2D eigenvalue weighted by Gasteiger charge is -2.39. The van der Waals surface area contributed by atoms with Gasteiger partial charge in [0.15, 0.2) is 5.82 Å². The summed E-state index contributed by atoms with van der Waals surface area (Å²) in [6.45, 7) is 6.25. The SMILES string of the molecule is COc1cc(-c2cc(C(=O)N3CC[C@H](C(=O)NC4CCN(CC(C)(C)O)C4)CC34CC4)[nH]n2)c(F)cn1. The van der Waals surface area contributed by atoms with Crippen LogP contribution in [0.1, 0.15) is 56.4 Å². The molecule has 1 unspecified atom stereocenters. The molecule has 2 saturated heterocycles. The number of amides is 2. The van der Waals surface area contributed by atoms with Gasteiger partial charge >= 0.3 is 0 Å². The zero-order chi connectivity index (χ0) is 26.4. The third kappa shape index (κ3) is 5.47. The maximum Gasteiger partial charge on any atom is 0.272 e. The van der Waals surface area contributed by atoms with E-state index in [-0.39, 0.29) is 46.5 Å². The van der Waals surface area contributed by atoms with Crippen molar-refractivity contribution in [2.24, 2.45) is 5.92 Å². The molecule has 3 fully saturated rings. The molecule has 0 bridgehead atoms. The lowest BCUT2D eigenvalue weighted by Crippen LogP contribution is -2.52. The monoisotopic (exact) mass is 514 g/mol. The molecule has 3 aliphatic rings. The molecule has 1 aliphatic carbocycles. The van der Waals surface area contributed by atoms with Gasteiger partial charge in [-0.3, -0.25) is 19.6 Å². The smallest absolute Gasteiger partial charge is 0.272 e. The van der Waals surface area contributed by atoms with Crippen LogP contribution in [-0.2, 0) is 4.79 Å². The molecule has 1 saturated carbocycles. The van der Waals surface area contributed by atoms with E-state index in [4.69, 9.17) is 4.74 Å². The van der Waals surface area contributed by atoms with Crippen LogP contribution in [0.2, 0.25) is 0 Å². The minimum absolute atomic E-state index is 0.0550. The van der Waals surface area contributed by atoms with E-state index in [1.54, 1.807) is 19.9 Å². The highest BCUT2D eigenvalue weighted by Gasteiger charge is 2.54. The van der Waals surface area contributed by atoms with Crippen LogP contribution >= 0.6 is 0 Å². The zero-order valence-electron chi connectivity index (χ0n) is 21.6. The number of halogens is 1. The number of likely N-dealkylation sites (tertiary alicyclic amines) is 2. The number of aromatic nitrogens is 3. The third-order valence-corrected chi connectivity index (χ3v) is 7.70. The normalized spacial score (nSPS) is 23.3. The number of aliphatic hydroxyl groups is 1. The van der Waals surface area contributed by atoms with Gasteiger partial charge in [-0.2, -0.15) is 5.10 Å². The van der Waals surface area contributed by atoms with Gasteiger partial charge in [0.2, 0.25) is 11.8 Å². The van der Waals surface area contributed by atoms with E-state index in [0.717, 1.165) is 38.5 Å². The molecule has 2 atom stereocenters. The van der Waals surface area contributed by atoms with Crippen molar-refractivity contribution in [1.82, 2.24) is 30.3 Å². The number of H-pyrrole nitrogens is 1. The van der Waals surface area contributed by atoms with Gasteiger partial charge in [0.25, 0.3) is 5.91 Å². The van der Waals surface area contributed by atoms with Crippen molar-refractivity contribution in [2.75, 3.05) is 33.3 Å². The summed E-state index contributed by atoms with van der Waals surface area (Å²) in [5.41, 5.74) is -0.276. The Morgan fingerprint density at radius 1 is 1.30 bits per heavy atom. The standard InChI is InChI=1S/C26H35FN6O4/c1-25(2,36)15-32-8-5-17(14-32)29-23(34)16-4-9-33(26(12-16)6-7-26)24(35)21-11-20(30-31-21)18-10-22(37-3)28-13-19(18)27/h10-11,13,16-17,36H,4-9,12,14-15H2,1-3H3,(H,29,34)(H,30,31)/t16-,17?/m0/s1. The molecular weight excluding hydrogens is 479 g/mol. The van der Waals surface area contributed by atoms with E-state index in [0.29, 0.717) is 31.6 Å². The zero-order valence-corrected chi connectivity index (χ0v) is 21.6. The average molecular weight is 515 g/mol. The number of carbonyl (C=O) groups is 2. The first-order valence-electron chi connectivity index (χ1n) is 12.9. The summed E-state index contributed by atoms with van der Waals surface area (Å²) in [5, 5.41) is 20.2. The van der Waals surface area contributed by atoms with Gasteiger partial charge < -0.3 is 20.1 Å². The van der Waals surface area contributed by atoms with Crippen molar-refractivity contribution in [2.45, 2.75) is 63.1 Å². The van der Waals surface area contributed by atoms with Crippen LogP contribution in [0.15, 0.2) is 18.3 Å². The summed E-state index contributed by atoms with van der Waals surface area (Å²) in [4.78, 5) is 34.4. The maximum absolute atomic E-state index is 14.3. The van der Waals surface area contributed by atoms with E-state index in [1.807, 2.05) is 4.90 Å². The number of β-amino-alcohol motifs (C(OH)–C–C–N with tert-alkyl or cyclic N) is 1. The largest absolute Gasteiger partial charge is 0.481 e. The number of carbonyl (C=O) groups excluding carboxylic acids is 2. The molecule has 200 valence electrons. The summed E-state index contributed by atoms with van der Waals surface area (Å²) in [7, 11) is 1.45. The molecule has 0 aromatic carbocycles. The first-order chi connectivity index (χ1) is 17.6. The number of pyridine rings is 1. The maximum atomic E-state index is 14.3. The average Bonchev–Trinajstić information content (AvgIpc) is 3.23. The minimum Gasteiger partial charge on any atom is -0.481 e. The fourth-order valence-corrected chi connectivity index (χ4v) is 5.75. The molecule has 2 aliphatic heterocycles. The molecule has 0 radical (unpaired) electrons. The Morgan fingerprint density at radius 2 is 2.08 bits per heavy atom. The Kier molecular flexibility index (Phi) is 6.70. The number of rotatable bonds is 7. The molecule has 10 nitrogen and oxygen atoms in total. The quantitative estimate of drug-likeness (QED) is 0.516. The Balaban J connectivity index is 1.20. The first-order valence-corrected chi connectivity index (χ1v) is 12.9. The van der Waals surface area contributed by atoms with Crippen LogP contribution in [-0.4, -0.2) is 92.4 Å². The molecule has 37 heavy (non-hydrogen) atoms. The molecule has 2 aromatic rings. The summed E-state index contributed by atoms with van der Waals surface area (Å²) in [6.07, 6.45) is 4.90. The van der Waals surface area contributed by atoms with Crippen molar-refractivity contribution in [3.8, 4) is 17.1 Å². The molecule has 11 heteroatoms. The first kappa shape index (κ1) is 25.6. The van der Waals surface area contributed by atoms with E-state index < -0.39 is 11.4 Å². The Hall–Kier alpha value is -3.05. The van der Waals surface area contributed by atoms with Crippen LogP contribution < -0.4 is 10.1 Å². The second-order valence-electron chi connectivity index (χ2n) is 11.3. The highest BCUT2D eigenvalue weighted by Crippen LogP contribution is 2.50. The summed E-state index contributed by atoms with van der Waals surface area (Å²) in [5.74, 6) is -0.561. The predicted octanol–water partition coefficient (Wildman–Crippen LogP) is 1.97. The molecule has 1 spiro atoms. The van der Waals surface area contributed by atoms with E-state index in [1.165, 1.54) is 13.2 Å². The van der Waals surface area contributed by atoms with Gasteiger partial charge in [-0.15, -0.1) is 0 Å². The number of nitrogens with zero attached hydrogens (tertiary/aromatic N) is 4. The lowest BCUT2D eigenvalue weighted by molar-refractivity contribution is -0.127. The molecule has 3 N–H and O–H groups in total. The van der Waals surface area contributed by atoms with Gasteiger partial charge in [0.05, 0.1) is 24.6 Å². The molecule has 5 rings (SSSR count). The molecule has 2 amide bonds. The number of hydrogen-bond acceptors (Lipinski definition) is 7. The number of ether oxygens (including phenoxy) is 1. The molecule has 2 aromatic heterocycles. The fourth-order valence-electron chi connectivity index (χ4n) is 5.75. The third-order valence-electron chi connectivity index (χ3n) is 7.70. The second-order valence-corrected chi connectivity index (χ2v) is 11.3. The van der Waals surface area contributed by atoms with Crippen LogP contribution in [0.3, 0.4) is 0 Å². The van der Waals surface area contributed by atoms with Crippen molar-refractivity contribution in [3.05, 3.63) is 29.8 Å². The highest BCUT2D eigenvalue weighted by molar-refractivity contribution is 5.94. The number of hydrogen-bond donors (Lipinski definition) is 3. The van der Waals surface area contributed by atoms with E-state index in [2.05, 4.69) is 25.4 Å². The molecule has 4 heterocycles. The lowest BCUT2D eigenvalue weighted by atomic mass is 9.87. The summed E-state index contributed by atoms with van der Waals surface area (Å²) < 4.78 is 19.4. The van der Waals surface area contributed by atoms with Crippen molar-refractivity contribution < 1.29 is 23.8 Å². The van der Waals surface area contributed by atoms with Crippen LogP contribution in [0.5, 0.6) is 5.88 Å². The number of aromatic amines is 1. The summed E-state index contributed by atoms with van der Waals surface area (Å²) in [6, 6.07) is 3.08. The Morgan fingerprint density at radius 3 is 2.78 bits per heavy atom. The van der Waals surface area contributed by atoms with Gasteiger partial charge in [0.1, 0.15) is 5.69 Å². The number of methoxy groups -OCH3 is 1. The van der Waals surface area contributed by atoms with Crippen molar-refractivity contribution in [3.63, 3.8) is 0 Å². The van der Waals surface area contributed by atoms with Gasteiger partial charge in [-0.05, 0) is 52.0 Å². The predicted molar refractivity (Wildman–Crippen MR) is 133 cm³/mol. The van der Waals surface area contributed by atoms with Crippen LogP contribution in [0, 0.1) is 11.7 Å². The second kappa shape index (κ2) is 9.68. The number of nitrogens with one attached hydrogen (secondary N) is 2. The fraction of sp³-hybridized carbons (Fsp3) is 0.615. The van der Waals surface area contributed by atoms with Crippen molar-refractivity contribution in [1.29, 1.82) is 0 Å². The Bertz CT molecular complexity index is 1170. The molecular formula is C26H35FN6O4. The highest BCUT2D eigenvalue weighted by atomic mass is 19.1. The van der Waals surface area contributed by atoms with Crippen LogP contribution in [0.4, 0.5) is 4.39 Å². The van der Waals surface area contributed by atoms with Gasteiger partial charge in [0, 0.05) is 55.3 Å². The minimum atomic E-state index is -0.759.